The van der Waals surface area contributed by atoms with Crippen LogP contribution in [0.4, 0.5) is 4.79 Å². The van der Waals surface area contributed by atoms with Crippen LogP contribution >= 0.6 is 0 Å². The Balaban J connectivity index is 2.71. The van der Waals surface area contributed by atoms with Crippen LogP contribution in [0.1, 0.15) is 97.9 Å². The number of carbonyl (C=O) groups excluding carboxylic acids is 4. The molecule has 11 nitrogen and oxygen atoms in total. The molecule has 0 spiro atoms. The summed E-state index contributed by atoms with van der Waals surface area (Å²) in [6.45, 7) is 16.9. The van der Waals surface area contributed by atoms with Crippen molar-refractivity contribution in [1.82, 2.24) is 15.5 Å². The number of carbonyl (C=O) groups is 4. The number of nitrogens with zero attached hydrogens (tertiary/aromatic N) is 1. The molecule has 48 heavy (non-hydrogen) atoms. The van der Waals surface area contributed by atoms with Crippen LogP contribution in [0.3, 0.4) is 0 Å². The molecule has 0 aliphatic heterocycles. The number of hydrogen-bond donors (Lipinski definition) is 4. The van der Waals surface area contributed by atoms with Gasteiger partial charge in [-0.25, -0.2) is 9.59 Å². The van der Waals surface area contributed by atoms with E-state index < -0.39 is 65.9 Å². The average Bonchev–Trinajstić information content (AvgIpc) is 2.97. The number of benzene rings is 2. The van der Waals surface area contributed by atoms with Crippen LogP contribution in [0.25, 0.3) is 0 Å². The Morgan fingerprint density at radius 2 is 1.42 bits per heavy atom. The molecule has 2 rings (SSSR count). The van der Waals surface area contributed by atoms with Crippen LogP contribution < -0.4 is 10.6 Å². The van der Waals surface area contributed by atoms with E-state index in [1.165, 1.54) is 11.0 Å². The predicted octanol–water partition coefficient (Wildman–Crippen LogP) is 5.35. The van der Waals surface area contributed by atoms with Crippen molar-refractivity contribution in [3.8, 4) is 5.75 Å². The summed E-state index contributed by atoms with van der Waals surface area (Å²) < 4.78 is 11.0. The molecular weight excluding hydrogens is 614 g/mol. The molecule has 3 amide bonds. The van der Waals surface area contributed by atoms with Crippen LogP contribution in [0.15, 0.2) is 48.5 Å². The molecular formula is C37H55N3O8. The zero-order valence-corrected chi connectivity index (χ0v) is 30.1. The first-order chi connectivity index (χ1) is 22.2. The summed E-state index contributed by atoms with van der Waals surface area (Å²) in [4.78, 5) is 56.5. The lowest BCUT2D eigenvalue weighted by Crippen LogP contribution is -2.58. The standard InChI is InChI=1S/C37H55N3O8/c1-23(2)19-20-25(4)40(33(44)29(22-41)39-35(46)48-37(8,9)10)30(27-18-14-15-24(3)31(27)42)32(43)38-28(34(45)47-36(5,6)7)21-26-16-12-11-13-17-26/h11-18,23,25,28-30,41-42H,19-22H2,1-10H3,(H,38,43)(H,39,46). The number of aliphatic hydroxyl groups is 1. The van der Waals surface area contributed by atoms with Crippen molar-refractivity contribution in [3.05, 3.63) is 65.2 Å². The molecule has 266 valence electrons. The van der Waals surface area contributed by atoms with Gasteiger partial charge < -0.3 is 35.2 Å². The Bertz CT molecular complexity index is 1380. The van der Waals surface area contributed by atoms with Gasteiger partial charge in [-0.3, -0.25) is 9.59 Å². The van der Waals surface area contributed by atoms with Gasteiger partial charge in [0.25, 0.3) is 0 Å². The van der Waals surface area contributed by atoms with Crippen molar-refractivity contribution in [2.24, 2.45) is 5.92 Å². The first-order valence-electron chi connectivity index (χ1n) is 16.5. The summed E-state index contributed by atoms with van der Waals surface area (Å²) in [6, 6.07) is 9.29. The summed E-state index contributed by atoms with van der Waals surface area (Å²) in [7, 11) is 0. The second-order valence-corrected chi connectivity index (χ2v) is 14.6. The zero-order valence-electron chi connectivity index (χ0n) is 30.1. The average molecular weight is 670 g/mol. The van der Waals surface area contributed by atoms with E-state index in [-0.39, 0.29) is 23.7 Å². The van der Waals surface area contributed by atoms with Crippen molar-refractivity contribution < 1.29 is 38.9 Å². The number of aromatic hydroxyl groups is 1. The van der Waals surface area contributed by atoms with Gasteiger partial charge in [-0.05, 0) is 85.3 Å². The monoisotopic (exact) mass is 669 g/mol. The molecule has 0 saturated heterocycles. The van der Waals surface area contributed by atoms with E-state index in [2.05, 4.69) is 10.6 Å². The fraction of sp³-hybridized carbons (Fsp3) is 0.568. The van der Waals surface area contributed by atoms with Gasteiger partial charge in [0.1, 0.15) is 35.1 Å². The second-order valence-electron chi connectivity index (χ2n) is 14.6. The number of phenols is 1. The van der Waals surface area contributed by atoms with Gasteiger partial charge in [0.2, 0.25) is 11.8 Å². The van der Waals surface area contributed by atoms with Gasteiger partial charge >= 0.3 is 12.1 Å². The van der Waals surface area contributed by atoms with Crippen LogP contribution in [-0.4, -0.2) is 74.9 Å². The minimum atomic E-state index is -1.48. The number of ether oxygens (including phenoxy) is 2. The maximum atomic E-state index is 14.6. The van der Waals surface area contributed by atoms with Gasteiger partial charge in [-0.15, -0.1) is 0 Å². The lowest BCUT2D eigenvalue weighted by molar-refractivity contribution is -0.159. The van der Waals surface area contributed by atoms with E-state index in [4.69, 9.17) is 9.47 Å². The highest BCUT2D eigenvalue weighted by Gasteiger charge is 2.41. The summed E-state index contributed by atoms with van der Waals surface area (Å²) in [5.41, 5.74) is -0.369. The van der Waals surface area contributed by atoms with Crippen molar-refractivity contribution in [1.29, 1.82) is 0 Å². The third-order valence-corrected chi connectivity index (χ3v) is 7.44. The number of esters is 1. The number of aryl methyl sites for hydroxylation is 1. The molecule has 4 unspecified atom stereocenters. The Hall–Kier alpha value is -4.12. The number of alkyl carbamates (subject to hydrolysis) is 1. The minimum absolute atomic E-state index is 0.102. The highest BCUT2D eigenvalue weighted by Crippen LogP contribution is 2.34. The molecule has 0 fully saturated rings. The summed E-state index contributed by atoms with van der Waals surface area (Å²) in [6.07, 6.45) is 0.336. The van der Waals surface area contributed by atoms with E-state index in [0.717, 1.165) is 5.56 Å². The van der Waals surface area contributed by atoms with Crippen LogP contribution in [-0.2, 0) is 30.3 Å². The van der Waals surface area contributed by atoms with E-state index in [9.17, 15) is 29.4 Å². The van der Waals surface area contributed by atoms with Crippen molar-refractivity contribution >= 4 is 23.9 Å². The fourth-order valence-electron chi connectivity index (χ4n) is 5.11. The molecule has 2 aromatic rings. The molecule has 2 aromatic carbocycles. The topological polar surface area (TPSA) is 154 Å². The Morgan fingerprint density at radius 1 is 0.812 bits per heavy atom. The summed E-state index contributed by atoms with van der Waals surface area (Å²) >= 11 is 0. The molecule has 0 aromatic heterocycles. The third-order valence-electron chi connectivity index (χ3n) is 7.44. The molecule has 11 heteroatoms. The molecule has 4 atom stereocenters. The number of rotatable bonds is 14. The van der Waals surface area contributed by atoms with Crippen molar-refractivity contribution in [2.45, 2.75) is 124 Å². The van der Waals surface area contributed by atoms with E-state index in [0.29, 0.717) is 18.4 Å². The molecule has 4 N–H and O–H groups in total. The second kappa shape index (κ2) is 17.3. The largest absolute Gasteiger partial charge is 0.507 e. The Labute approximate surface area is 285 Å². The maximum Gasteiger partial charge on any atom is 0.408 e. The number of para-hydroxylation sites is 1. The molecule has 0 bridgehead atoms. The summed E-state index contributed by atoms with van der Waals surface area (Å²) in [5, 5.41) is 26.9. The van der Waals surface area contributed by atoms with Gasteiger partial charge in [0, 0.05) is 18.0 Å². The van der Waals surface area contributed by atoms with E-state index >= 15 is 0 Å². The quantitative estimate of drug-likeness (QED) is 0.196. The van der Waals surface area contributed by atoms with Gasteiger partial charge in [0.15, 0.2) is 0 Å². The van der Waals surface area contributed by atoms with E-state index in [1.807, 2.05) is 44.2 Å². The van der Waals surface area contributed by atoms with Crippen LogP contribution in [0.5, 0.6) is 5.75 Å². The zero-order chi connectivity index (χ0) is 36.4. The minimum Gasteiger partial charge on any atom is -0.507 e. The van der Waals surface area contributed by atoms with E-state index in [1.54, 1.807) is 67.5 Å². The van der Waals surface area contributed by atoms with Gasteiger partial charge in [-0.1, -0.05) is 62.4 Å². The third kappa shape index (κ3) is 12.5. The highest BCUT2D eigenvalue weighted by atomic mass is 16.6. The SMILES string of the molecule is Cc1cccc(C(C(=O)NC(Cc2ccccc2)C(=O)OC(C)(C)C)N(C(=O)C(CO)NC(=O)OC(C)(C)C)C(C)CCC(C)C)c1O. The van der Waals surface area contributed by atoms with Crippen molar-refractivity contribution in [3.63, 3.8) is 0 Å². The maximum absolute atomic E-state index is 14.6. The fourth-order valence-corrected chi connectivity index (χ4v) is 5.11. The van der Waals surface area contributed by atoms with Gasteiger partial charge in [0.05, 0.1) is 6.61 Å². The number of phenolic OH excluding ortho intramolecular Hbond substituents is 1. The number of amides is 3. The van der Waals surface area contributed by atoms with Gasteiger partial charge in [-0.2, -0.15) is 0 Å². The highest BCUT2D eigenvalue weighted by molar-refractivity contribution is 5.94. The molecule has 0 aliphatic rings. The molecule has 0 heterocycles. The Morgan fingerprint density at radius 3 is 1.96 bits per heavy atom. The van der Waals surface area contributed by atoms with Crippen molar-refractivity contribution in [2.75, 3.05) is 6.61 Å². The predicted molar refractivity (Wildman–Crippen MR) is 184 cm³/mol. The lowest BCUT2D eigenvalue weighted by atomic mass is 9.95. The molecule has 0 radical (unpaired) electrons. The normalized spacial score (nSPS) is 14.3. The smallest absolute Gasteiger partial charge is 0.408 e. The molecule has 0 aliphatic carbocycles. The summed E-state index contributed by atoms with van der Waals surface area (Å²) in [5.74, 6) is -2.12. The molecule has 0 saturated carbocycles. The first-order valence-corrected chi connectivity index (χ1v) is 16.5. The van der Waals surface area contributed by atoms with Crippen LogP contribution in [0.2, 0.25) is 0 Å². The lowest BCUT2D eigenvalue weighted by Gasteiger charge is -2.39. The number of aliphatic hydroxyl groups excluding tert-OH is 1. The first kappa shape index (κ1) is 40.1. The number of hydrogen-bond acceptors (Lipinski definition) is 8. The Kier molecular flexibility index (Phi) is 14.5. The van der Waals surface area contributed by atoms with Crippen LogP contribution in [0, 0.1) is 12.8 Å². The number of nitrogens with one attached hydrogen (secondary N) is 2.